The summed E-state index contributed by atoms with van der Waals surface area (Å²) in [7, 11) is 1.23. The maximum atomic E-state index is 12.5. The van der Waals surface area contributed by atoms with Gasteiger partial charge in [0.15, 0.2) is 0 Å². The van der Waals surface area contributed by atoms with Crippen LogP contribution in [0.3, 0.4) is 0 Å². The van der Waals surface area contributed by atoms with Gasteiger partial charge in [0.05, 0.1) is 29.5 Å². The van der Waals surface area contributed by atoms with E-state index in [-0.39, 0.29) is 34.1 Å². The maximum Gasteiger partial charge on any atom is 0.343 e. The lowest BCUT2D eigenvalue weighted by Crippen LogP contribution is -2.18. The Bertz CT molecular complexity index is 1040. The zero-order valence-electron chi connectivity index (χ0n) is 13.7. The van der Waals surface area contributed by atoms with Crippen molar-refractivity contribution < 1.29 is 24.2 Å². The van der Waals surface area contributed by atoms with E-state index in [0.717, 1.165) is 0 Å². The van der Waals surface area contributed by atoms with Crippen LogP contribution in [0.4, 0.5) is 0 Å². The first-order valence-electron chi connectivity index (χ1n) is 7.72. The number of carbonyl (C=O) groups excluding carboxylic acids is 1. The number of aromatic hydroxyl groups is 2. The zero-order valence-corrected chi connectivity index (χ0v) is 14.5. The molecule has 0 spiro atoms. The number of methoxy groups -OCH3 is 1. The molecule has 0 fully saturated rings. The predicted octanol–water partition coefficient (Wildman–Crippen LogP) is 3.55. The molecule has 0 aliphatic rings. The summed E-state index contributed by atoms with van der Waals surface area (Å²) < 4.78 is 10.0. The van der Waals surface area contributed by atoms with Crippen molar-refractivity contribution in [3.8, 4) is 11.5 Å². The van der Waals surface area contributed by atoms with Gasteiger partial charge in [0.2, 0.25) is 0 Å². The molecular weight excluding hydrogens is 360 g/mol. The van der Waals surface area contributed by atoms with E-state index >= 15 is 0 Å². The number of hydrogen-bond acceptors (Lipinski definition) is 6. The molecule has 0 radical (unpaired) electrons. The summed E-state index contributed by atoms with van der Waals surface area (Å²) in [6.45, 7) is 0. The van der Waals surface area contributed by atoms with Gasteiger partial charge in [0.25, 0.3) is 0 Å². The average Bonchev–Trinajstić information content (AvgIpc) is 2.63. The number of fused-ring (bicyclic) bond motifs is 1. The molecule has 0 saturated heterocycles. The first-order chi connectivity index (χ1) is 12.4. The highest BCUT2D eigenvalue weighted by molar-refractivity contribution is 6.32. The number of para-hydroxylation sites is 1. The Morgan fingerprint density at radius 1 is 1.23 bits per heavy atom. The topological polar surface area (TPSA) is 97.0 Å². The SMILES string of the molecule is COC(=O)C[C@@H](c1ccc(O)c(Cl)c1)c1c(O)c2ccccc2oc1=O. The Morgan fingerprint density at radius 2 is 1.96 bits per heavy atom. The van der Waals surface area contributed by atoms with Gasteiger partial charge in [-0.25, -0.2) is 4.79 Å². The first-order valence-corrected chi connectivity index (χ1v) is 8.10. The second kappa shape index (κ2) is 7.09. The van der Waals surface area contributed by atoms with Crippen molar-refractivity contribution >= 4 is 28.5 Å². The van der Waals surface area contributed by atoms with Crippen LogP contribution >= 0.6 is 11.6 Å². The van der Waals surface area contributed by atoms with Gasteiger partial charge in [-0.2, -0.15) is 0 Å². The van der Waals surface area contributed by atoms with E-state index in [0.29, 0.717) is 10.9 Å². The van der Waals surface area contributed by atoms with Gasteiger partial charge in [-0.15, -0.1) is 0 Å². The third-order valence-electron chi connectivity index (χ3n) is 4.14. The van der Waals surface area contributed by atoms with Crippen molar-refractivity contribution in [2.24, 2.45) is 0 Å². The highest BCUT2D eigenvalue weighted by Gasteiger charge is 2.27. The third kappa shape index (κ3) is 3.23. The fourth-order valence-corrected chi connectivity index (χ4v) is 3.02. The molecule has 0 aliphatic carbocycles. The largest absolute Gasteiger partial charge is 0.507 e. The van der Waals surface area contributed by atoms with Gasteiger partial charge in [-0.1, -0.05) is 29.8 Å². The number of phenols is 1. The molecule has 26 heavy (non-hydrogen) atoms. The van der Waals surface area contributed by atoms with Crippen LogP contribution in [0, 0.1) is 0 Å². The molecule has 0 saturated carbocycles. The molecule has 0 bridgehead atoms. The van der Waals surface area contributed by atoms with E-state index in [1.54, 1.807) is 24.3 Å². The molecular formula is C19H15ClO6. The summed E-state index contributed by atoms with van der Waals surface area (Å²) in [5, 5.41) is 20.7. The van der Waals surface area contributed by atoms with Crippen molar-refractivity contribution in [1.29, 1.82) is 0 Å². The fraction of sp³-hybridized carbons (Fsp3) is 0.158. The molecule has 1 atom stereocenters. The number of benzene rings is 2. The smallest absolute Gasteiger partial charge is 0.343 e. The van der Waals surface area contributed by atoms with Crippen molar-refractivity contribution in [1.82, 2.24) is 0 Å². The third-order valence-corrected chi connectivity index (χ3v) is 4.44. The summed E-state index contributed by atoms with van der Waals surface area (Å²) in [5.41, 5.74) is -0.148. The monoisotopic (exact) mass is 374 g/mol. The van der Waals surface area contributed by atoms with Crippen molar-refractivity contribution in [2.45, 2.75) is 12.3 Å². The minimum absolute atomic E-state index is 0.0574. The predicted molar refractivity (Wildman–Crippen MR) is 95.7 cm³/mol. The number of hydrogen-bond donors (Lipinski definition) is 2. The molecule has 2 aromatic carbocycles. The number of rotatable bonds is 4. The summed E-state index contributed by atoms with van der Waals surface area (Å²) in [4.78, 5) is 24.4. The fourth-order valence-electron chi connectivity index (χ4n) is 2.83. The van der Waals surface area contributed by atoms with E-state index < -0.39 is 17.5 Å². The standard InChI is InChI=1S/C19H15ClO6/c1-25-16(22)9-12(10-6-7-14(21)13(20)8-10)17-18(23)11-4-2-3-5-15(11)26-19(17)24/h2-8,12,21,23H,9H2,1H3/t12-/m0/s1. The summed E-state index contributed by atoms with van der Waals surface area (Å²) in [6.07, 6.45) is -0.214. The molecule has 2 N–H and O–H groups in total. The quantitative estimate of drug-likeness (QED) is 0.535. The van der Waals surface area contributed by atoms with Gasteiger partial charge in [0, 0.05) is 5.92 Å². The molecule has 0 aliphatic heterocycles. The Morgan fingerprint density at radius 3 is 2.65 bits per heavy atom. The van der Waals surface area contributed by atoms with E-state index in [9.17, 15) is 19.8 Å². The normalized spacial score (nSPS) is 12.1. The number of carbonyl (C=O) groups is 1. The van der Waals surface area contributed by atoms with Crippen LogP contribution in [-0.2, 0) is 9.53 Å². The van der Waals surface area contributed by atoms with Crippen molar-refractivity contribution in [3.63, 3.8) is 0 Å². The highest BCUT2D eigenvalue weighted by atomic mass is 35.5. The Hall–Kier alpha value is -2.99. The first kappa shape index (κ1) is 17.8. The van der Waals surface area contributed by atoms with Crippen molar-refractivity contribution in [3.05, 3.63) is 69.0 Å². The van der Waals surface area contributed by atoms with Gasteiger partial charge in [-0.3, -0.25) is 4.79 Å². The summed E-state index contributed by atoms with van der Waals surface area (Å²) in [6, 6.07) is 10.8. The second-order valence-electron chi connectivity index (χ2n) is 5.69. The van der Waals surface area contributed by atoms with Crippen LogP contribution in [0.25, 0.3) is 11.0 Å². The number of phenolic OH excluding ortho intramolecular Hbond substituents is 1. The lowest BCUT2D eigenvalue weighted by molar-refractivity contribution is -0.140. The van der Waals surface area contributed by atoms with Gasteiger partial charge in [-0.05, 0) is 29.8 Å². The summed E-state index contributed by atoms with van der Waals surface area (Å²) in [5.74, 6) is -1.84. The highest BCUT2D eigenvalue weighted by Crippen LogP contribution is 2.38. The lowest BCUT2D eigenvalue weighted by Gasteiger charge is -2.18. The number of esters is 1. The molecule has 0 unspecified atom stereocenters. The van der Waals surface area contributed by atoms with Crippen LogP contribution < -0.4 is 5.63 Å². The van der Waals surface area contributed by atoms with E-state index in [2.05, 4.69) is 0 Å². The van der Waals surface area contributed by atoms with Crippen molar-refractivity contribution in [2.75, 3.05) is 7.11 Å². The molecule has 6 nitrogen and oxygen atoms in total. The van der Waals surface area contributed by atoms with Crippen LogP contribution in [-0.4, -0.2) is 23.3 Å². The minimum atomic E-state index is -0.860. The van der Waals surface area contributed by atoms with Crippen LogP contribution in [0.1, 0.15) is 23.5 Å². The molecule has 7 heteroatoms. The molecule has 0 amide bonds. The Labute approximate surface area is 153 Å². The Balaban J connectivity index is 2.24. The second-order valence-corrected chi connectivity index (χ2v) is 6.10. The van der Waals surface area contributed by atoms with Gasteiger partial charge in [0.1, 0.15) is 17.1 Å². The molecule has 1 aromatic heterocycles. The van der Waals surface area contributed by atoms with E-state index in [1.165, 1.54) is 25.3 Å². The molecule has 134 valence electrons. The van der Waals surface area contributed by atoms with E-state index in [1.807, 2.05) is 0 Å². The van der Waals surface area contributed by atoms with Gasteiger partial charge < -0.3 is 19.4 Å². The molecule has 1 heterocycles. The minimum Gasteiger partial charge on any atom is -0.507 e. The lowest BCUT2D eigenvalue weighted by atomic mass is 9.88. The molecule has 3 rings (SSSR count). The number of halogens is 1. The zero-order chi connectivity index (χ0) is 18.8. The molecule has 3 aromatic rings. The average molecular weight is 375 g/mol. The Kier molecular flexibility index (Phi) is 4.86. The summed E-state index contributed by atoms with van der Waals surface area (Å²) >= 11 is 5.96. The maximum absolute atomic E-state index is 12.5. The van der Waals surface area contributed by atoms with Crippen LogP contribution in [0.2, 0.25) is 5.02 Å². The number of ether oxygens (including phenoxy) is 1. The van der Waals surface area contributed by atoms with E-state index in [4.69, 9.17) is 20.8 Å². The van der Waals surface area contributed by atoms with Crippen LogP contribution in [0.5, 0.6) is 11.5 Å². The van der Waals surface area contributed by atoms with Gasteiger partial charge >= 0.3 is 11.6 Å². The van der Waals surface area contributed by atoms with Crippen LogP contribution in [0.15, 0.2) is 51.7 Å².